The predicted octanol–water partition coefficient (Wildman–Crippen LogP) is -0.504. The number of hydrogen-bond acceptors (Lipinski definition) is 3. The van der Waals surface area contributed by atoms with Crippen LogP contribution in [0.2, 0.25) is 0 Å². The first-order valence-electron chi connectivity index (χ1n) is 4.69. The molecule has 0 aromatic heterocycles. The van der Waals surface area contributed by atoms with Crippen LogP contribution in [-0.2, 0) is 10.2 Å². The van der Waals surface area contributed by atoms with Crippen LogP contribution in [0.25, 0.3) is 0 Å². The Morgan fingerprint density at radius 1 is 1.36 bits per heavy atom. The van der Waals surface area contributed by atoms with Crippen LogP contribution in [0.4, 0.5) is 0 Å². The number of nitrogens with zero attached hydrogens (tertiary/aromatic N) is 2. The molecule has 1 heterocycles. The predicted molar refractivity (Wildman–Crippen MR) is 54.0 cm³/mol. The third-order valence-corrected chi connectivity index (χ3v) is 4.27. The van der Waals surface area contributed by atoms with Crippen LogP contribution in [0.15, 0.2) is 0 Å². The van der Waals surface area contributed by atoms with E-state index in [1.165, 1.54) is 22.7 Å². The first-order chi connectivity index (χ1) is 6.34. The minimum absolute atomic E-state index is 0.213. The summed E-state index contributed by atoms with van der Waals surface area (Å²) in [6, 6.07) is 0. The van der Waals surface area contributed by atoms with Crippen LogP contribution in [0.1, 0.15) is 13.3 Å². The van der Waals surface area contributed by atoms with Gasteiger partial charge in [0.05, 0.1) is 6.10 Å². The molecule has 1 rings (SSSR count). The van der Waals surface area contributed by atoms with Gasteiger partial charge >= 0.3 is 0 Å². The zero-order valence-corrected chi connectivity index (χ0v) is 9.66. The first kappa shape index (κ1) is 11.9. The number of aliphatic hydroxyl groups excluding tert-OH is 1. The Hall–Kier alpha value is -0.170. The lowest BCUT2D eigenvalue weighted by molar-refractivity contribution is 0.0799. The van der Waals surface area contributed by atoms with Crippen molar-refractivity contribution in [1.82, 2.24) is 8.61 Å². The summed E-state index contributed by atoms with van der Waals surface area (Å²) in [5, 5.41) is 9.47. The van der Waals surface area contributed by atoms with Gasteiger partial charge in [-0.1, -0.05) is 6.92 Å². The number of piperidine rings is 1. The van der Waals surface area contributed by atoms with Crippen molar-refractivity contribution in [2.24, 2.45) is 5.92 Å². The van der Waals surface area contributed by atoms with Gasteiger partial charge in [0.15, 0.2) is 0 Å². The molecule has 5 nitrogen and oxygen atoms in total. The minimum atomic E-state index is -3.36. The van der Waals surface area contributed by atoms with Crippen LogP contribution in [0, 0.1) is 5.92 Å². The summed E-state index contributed by atoms with van der Waals surface area (Å²) < 4.78 is 26.0. The zero-order valence-electron chi connectivity index (χ0n) is 8.84. The standard InChI is InChI=1S/C8H18N2O3S/c1-7-4-8(11)6-10(5-7)14(12,13)9(2)3/h7-8,11H,4-6H2,1-3H3. The molecular formula is C8H18N2O3S. The van der Waals surface area contributed by atoms with E-state index in [-0.39, 0.29) is 12.5 Å². The van der Waals surface area contributed by atoms with Crippen LogP contribution < -0.4 is 0 Å². The van der Waals surface area contributed by atoms with E-state index in [9.17, 15) is 13.5 Å². The fourth-order valence-electron chi connectivity index (χ4n) is 1.69. The highest BCUT2D eigenvalue weighted by Crippen LogP contribution is 2.19. The monoisotopic (exact) mass is 222 g/mol. The molecule has 1 aliphatic heterocycles. The van der Waals surface area contributed by atoms with Gasteiger partial charge in [-0.05, 0) is 12.3 Å². The fraction of sp³-hybridized carbons (Fsp3) is 1.00. The molecule has 1 saturated heterocycles. The van der Waals surface area contributed by atoms with E-state index in [4.69, 9.17) is 0 Å². The van der Waals surface area contributed by atoms with Crippen LogP contribution >= 0.6 is 0 Å². The van der Waals surface area contributed by atoms with E-state index in [1.54, 1.807) is 0 Å². The maximum absolute atomic E-state index is 11.7. The Morgan fingerprint density at radius 2 is 1.93 bits per heavy atom. The van der Waals surface area contributed by atoms with Crippen molar-refractivity contribution in [2.45, 2.75) is 19.4 Å². The highest BCUT2D eigenvalue weighted by atomic mass is 32.2. The van der Waals surface area contributed by atoms with E-state index < -0.39 is 16.3 Å². The van der Waals surface area contributed by atoms with E-state index in [1.807, 2.05) is 6.92 Å². The first-order valence-corrected chi connectivity index (χ1v) is 6.09. The van der Waals surface area contributed by atoms with Crippen molar-refractivity contribution in [3.8, 4) is 0 Å². The summed E-state index contributed by atoms with van der Waals surface area (Å²) in [6.07, 6.45) is 0.146. The topological polar surface area (TPSA) is 60.9 Å². The van der Waals surface area contributed by atoms with Crippen LogP contribution in [0.3, 0.4) is 0 Å². The zero-order chi connectivity index (χ0) is 10.9. The fourth-order valence-corrected chi connectivity index (χ4v) is 2.96. The Balaban J connectivity index is 2.78. The molecule has 1 aliphatic rings. The molecule has 2 unspecified atom stereocenters. The summed E-state index contributed by atoms with van der Waals surface area (Å²) >= 11 is 0. The van der Waals surface area contributed by atoms with Crippen molar-refractivity contribution in [3.63, 3.8) is 0 Å². The van der Waals surface area contributed by atoms with Gasteiger partial charge in [-0.3, -0.25) is 0 Å². The number of rotatable bonds is 2. The van der Waals surface area contributed by atoms with Crippen molar-refractivity contribution in [2.75, 3.05) is 27.2 Å². The Morgan fingerprint density at radius 3 is 2.36 bits per heavy atom. The van der Waals surface area contributed by atoms with E-state index in [2.05, 4.69) is 0 Å². The quantitative estimate of drug-likeness (QED) is 0.685. The lowest BCUT2D eigenvalue weighted by atomic mass is 10.00. The van der Waals surface area contributed by atoms with Crippen molar-refractivity contribution >= 4 is 10.2 Å². The Kier molecular flexibility index (Phi) is 3.52. The number of hydrogen-bond donors (Lipinski definition) is 1. The molecular weight excluding hydrogens is 204 g/mol. The summed E-state index contributed by atoms with van der Waals surface area (Å²) in [6.45, 7) is 2.66. The molecule has 0 aromatic carbocycles. The third kappa shape index (κ3) is 2.44. The summed E-state index contributed by atoms with van der Waals surface area (Å²) in [5.74, 6) is 0.216. The SMILES string of the molecule is CC1CC(O)CN(S(=O)(=O)N(C)C)C1. The average Bonchev–Trinajstić information content (AvgIpc) is 2.01. The maximum Gasteiger partial charge on any atom is 0.281 e. The Bertz CT molecular complexity index is 279. The second kappa shape index (κ2) is 4.14. The molecule has 0 radical (unpaired) electrons. The lowest BCUT2D eigenvalue weighted by Crippen LogP contribution is -2.49. The van der Waals surface area contributed by atoms with Gasteiger partial charge in [-0.15, -0.1) is 0 Å². The molecule has 6 heteroatoms. The minimum Gasteiger partial charge on any atom is -0.392 e. The largest absolute Gasteiger partial charge is 0.392 e. The molecule has 0 bridgehead atoms. The van der Waals surface area contributed by atoms with Gasteiger partial charge in [-0.2, -0.15) is 17.0 Å². The maximum atomic E-state index is 11.7. The normalized spacial score (nSPS) is 30.9. The molecule has 2 atom stereocenters. The van der Waals surface area contributed by atoms with E-state index in [0.717, 1.165) is 0 Å². The highest BCUT2D eigenvalue weighted by Gasteiger charge is 2.32. The van der Waals surface area contributed by atoms with Gasteiger partial charge < -0.3 is 5.11 Å². The molecule has 14 heavy (non-hydrogen) atoms. The molecule has 0 aliphatic carbocycles. The van der Waals surface area contributed by atoms with Crippen LogP contribution in [-0.4, -0.2) is 55.4 Å². The number of aliphatic hydroxyl groups is 1. The lowest BCUT2D eigenvalue weighted by Gasteiger charge is -2.34. The molecule has 0 aromatic rings. The van der Waals surface area contributed by atoms with Gasteiger partial charge in [0.2, 0.25) is 0 Å². The second-order valence-corrected chi connectivity index (χ2v) is 6.24. The van der Waals surface area contributed by atoms with Crippen molar-refractivity contribution in [1.29, 1.82) is 0 Å². The molecule has 0 saturated carbocycles. The van der Waals surface area contributed by atoms with Gasteiger partial charge in [0, 0.05) is 27.2 Å². The molecule has 1 N–H and O–H groups in total. The van der Waals surface area contributed by atoms with Crippen molar-refractivity contribution < 1.29 is 13.5 Å². The van der Waals surface area contributed by atoms with E-state index in [0.29, 0.717) is 13.0 Å². The molecule has 84 valence electrons. The molecule has 1 fully saturated rings. The molecule has 0 spiro atoms. The highest BCUT2D eigenvalue weighted by molar-refractivity contribution is 7.86. The number of β-amino-alcohol motifs (C(OH)–C–C–N with tert-alkyl or cyclic N) is 1. The summed E-state index contributed by atoms with van der Waals surface area (Å²) in [5.41, 5.74) is 0. The van der Waals surface area contributed by atoms with E-state index >= 15 is 0 Å². The summed E-state index contributed by atoms with van der Waals surface area (Å²) in [7, 11) is -0.357. The second-order valence-electron chi connectivity index (χ2n) is 4.10. The molecule has 0 amide bonds. The smallest absolute Gasteiger partial charge is 0.281 e. The van der Waals surface area contributed by atoms with Gasteiger partial charge in [-0.25, -0.2) is 0 Å². The average molecular weight is 222 g/mol. The van der Waals surface area contributed by atoms with Crippen LogP contribution in [0.5, 0.6) is 0 Å². The Labute approximate surface area is 85.5 Å². The third-order valence-electron chi connectivity index (χ3n) is 2.39. The summed E-state index contributed by atoms with van der Waals surface area (Å²) in [4.78, 5) is 0. The van der Waals surface area contributed by atoms with Gasteiger partial charge in [0.1, 0.15) is 0 Å². The van der Waals surface area contributed by atoms with Crippen molar-refractivity contribution in [3.05, 3.63) is 0 Å². The van der Waals surface area contributed by atoms with Gasteiger partial charge in [0.25, 0.3) is 10.2 Å².